The van der Waals surface area contributed by atoms with Gasteiger partial charge in [-0.05, 0) is 19.4 Å². The van der Waals surface area contributed by atoms with E-state index in [1.807, 2.05) is 6.92 Å². The zero-order valence-corrected chi connectivity index (χ0v) is 11.3. The maximum atomic E-state index is 13.6. The fraction of sp³-hybridized carbons (Fsp3) is 0.455. The van der Waals surface area contributed by atoms with Crippen LogP contribution in [0, 0.1) is 11.6 Å². The largest absolute Gasteiger partial charge is 0.396 e. The highest BCUT2D eigenvalue weighted by atomic mass is 32.2. The number of benzene rings is 1. The molecule has 2 N–H and O–H groups in total. The van der Waals surface area contributed by atoms with E-state index in [0.29, 0.717) is 12.5 Å². The van der Waals surface area contributed by atoms with E-state index >= 15 is 0 Å². The minimum atomic E-state index is -4.01. The van der Waals surface area contributed by atoms with Gasteiger partial charge in [0.1, 0.15) is 16.5 Å². The average molecular weight is 278 g/mol. The van der Waals surface area contributed by atoms with Gasteiger partial charge in [0.2, 0.25) is 10.0 Å². The van der Waals surface area contributed by atoms with Crippen molar-refractivity contribution in [3.63, 3.8) is 0 Å². The number of anilines is 1. The zero-order chi connectivity index (χ0) is 14.1. The molecule has 0 saturated heterocycles. The van der Waals surface area contributed by atoms with Crippen molar-refractivity contribution >= 4 is 15.7 Å². The molecule has 0 aliphatic rings. The van der Waals surface area contributed by atoms with Crippen molar-refractivity contribution in [1.82, 2.24) is 4.31 Å². The molecule has 1 atom stereocenters. The van der Waals surface area contributed by atoms with E-state index in [1.54, 1.807) is 6.92 Å². The number of nitrogens with two attached hydrogens (primary N) is 1. The fourth-order valence-corrected chi connectivity index (χ4v) is 2.91. The molecule has 0 aliphatic carbocycles. The summed E-state index contributed by atoms with van der Waals surface area (Å²) in [5.41, 5.74) is 4.87. The van der Waals surface area contributed by atoms with Gasteiger partial charge in [-0.3, -0.25) is 0 Å². The Bertz CT molecular complexity index is 546. The summed E-state index contributed by atoms with van der Waals surface area (Å²) in [5.74, 6) is -2.12. The third-order valence-corrected chi connectivity index (χ3v) is 4.91. The first-order valence-electron chi connectivity index (χ1n) is 5.44. The van der Waals surface area contributed by atoms with Crippen molar-refractivity contribution in [1.29, 1.82) is 0 Å². The summed E-state index contributed by atoms with van der Waals surface area (Å²) < 4.78 is 51.8. The lowest BCUT2D eigenvalue weighted by atomic mass is 10.3. The summed E-state index contributed by atoms with van der Waals surface area (Å²) in [5, 5.41) is 0. The summed E-state index contributed by atoms with van der Waals surface area (Å²) in [4.78, 5) is -0.607. The van der Waals surface area contributed by atoms with Crippen molar-refractivity contribution < 1.29 is 17.2 Å². The Morgan fingerprint density at radius 2 is 1.89 bits per heavy atom. The van der Waals surface area contributed by atoms with Crippen molar-refractivity contribution in [3.05, 3.63) is 23.8 Å². The third-order valence-electron chi connectivity index (χ3n) is 2.92. The molecule has 102 valence electrons. The first-order valence-corrected chi connectivity index (χ1v) is 6.88. The predicted molar refractivity (Wildman–Crippen MR) is 65.5 cm³/mol. The number of hydrogen-bond donors (Lipinski definition) is 1. The molecule has 0 bridgehead atoms. The Hall–Kier alpha value is -1.21. The number of nitrogen functional groups attached to an aromatic ring is 1. The highest BCUT2D eigenvalue weighted by Gasteiger charge is 2.28. The van der Waals surface area contributed by atoms with Gasteiger partial charge in [-0.15, -0.1) is 0 Å². The van der Waals surface area contributed by atoms with Gasteiger partial charge >= 0.3 is 0 Å². The highest BCUT2D eigenvalue weighted by molar-refractivity contribution is 7.89. The first-order chi connectivity index (χ1) is 8.21. The molecule has 1 unspecified atom stereocenters. The second-order valence-corrected chi connectivity index (χ2v) is 6.05. The summed E-state index contributed by atoms with van der Waals surface area (Å²) >= 11 is 0. The molecule has 0 spiro atoms. The van der Waals surface area contributed by atoms with Gasteiger partial charge in [-0.2, -0.15) is 4.31 Å². The SMILES string of the molecule is CCC(C)N(C)S(=O)(=O)c1cc(N)c(F)cc1F. The molecule has 0 fully saturated rings. The monoisotopic (exact) mass is 278 g/mol. The van der Waals surface area contributed by atoms with Gasteiger partial charge in [0.25, 0.3) is 0 Å². The molecule has 1 aromatic rings. The van der Waals surface area contributed by atoms with E-state index in [1.165, 1.54) is 7.05 Å². The van der Waals surface area contributed by atoms with Crippen LogP contribution in [-0.4, -0.2) is 25.8 Å². The van der Waals surface area contributed by atoms with Gasteiger partial charge in [0, 0.05) is 19.2 Å². The van der Waals surface area contributed by atoms with Gasteiger partial charge in [0.15, 0.2) is 0 Å². The maximum Gasteiger partial charge on any atom is 0.246 e. The maximum absolute atomic E-state index is 13.6. The Balaban J connectivity index is 3.33. The Morgan fingerprint density at radius 3 is 2.39 bits per heavy atom. The molecule has 1 rings (SSSR count). The Morgan fingerprint density at radius 1 is 1.33 bits per heavy atom. The van der Waals surface area contributed by atoms with Crippen LogP contribution < -0.4 is 5.73 Å². The summed E-state index contributed by atoms with van der Waals surface area (Å²) in [6, 6.07) is 0.992. The predicted octanol–water partition coefficient (Wildman–Crippen LogP) is 1.97. The molecule has 18 heavy (non-hydrogen) atoms. The summed E-state index contributed by atoms with van der Waals surface area (Å²) in [7, 11) is -2.66. The van der Waals surface area contributed by atoms with E-state index in [2.05, 4.69) is 0 Å². The number of rotatable bonds is 4. The number of halogens is 2. The molecular formula is C11H16F2N2O2S. The molecule has 0 radical (unpaired) electrons. The lowest BCUT2D eigenvalue weighted by Crippen LogP contribution is -2.35. The van der Waals surface area contributed by atoms with Crippen molar-refractivity contribution in [3.8, 4) is 0 Å². The fourth-order valence-electron chi connectivity index (χ4n) is 1.39. The van der Waals surface area contributed by atoms with Crippen LogP contribution in [0.2, 0.25) is 0 Å². The van der Waals surface area contributed by atoms with Crippen molar-refractivity contribution in [2.75, 3.05) is 12.8 Å². The van der Waals surface area contributed by atoms with Gasteiger partial charge in [0.05, 0.1) is 5.69 Å². The number of nitrogens with zero attached hydrogens (tertiary/aromatic N) is 1. The molecule has 4 nitrogen and oxygen atoms in total. The Kier molecular flexibility index (Phi) is 4.28. The summed E-state index contributed by atoms with van der Waals surface area (Å²) in [6.07, 6.45) is 0.577. The topological polar surface area (TPSA) is 63.4 Å². The van der Waals surface area contributed by atoms with Crippen LogP contribution in [0.5, 0.6) is 0 Å². The van der Waals surface area contributed by atoms with Gasteiger partial charge < -0.3 is 5.73 Å². The lowest BCUT2D eigenvalue weighted by Gasteiger charge is -2.23. The third kappa shape index (κ3) is 2.62. The normalized spacial score (nSPS) is 13.9. The van der Waals surface area contributed by atoms with Crippen LogP contribution in [0.15, 0.2) is 17.0 Å². The second-order valence-electron chi connectivity index (χ2n) is 4.08. The van der Waals surface area contributed by atoms with Crippen LogP contribution >= 0.6 is 0 Å². The van der Waals surface area contributed by atoms with E-state index in [9.17, 15) is 17.2 Å². The minimum Gasteiger partial charge on any atom is -0.396 e. The lowest BCUT2D eigenvalue weighted by molar-refractivity contribution is 0.378. The van der Waals surface area contributed by atoms with E-state index in [4.69, 9.17) is 5.73 Å². The standard InChI is InChI=1S/C11H16F2N2O2S/c1-4-7(2)15(3)18(16,17)11-6-10(14)8(12)5-9(11)13/h5-7H,4,14H2,1-3H3. The zero-order valence-electron chi connectivity index (χ0n) is 10.4. The van der Waals surface area contributed by atoms with Gasteiger partial charge in [-0.1, -0.05) is 6.92 Å². The molecule has 0 aliphatic heterocycles. The van der Waals surface area contributed by atoms with E-state index < -0.39 is 32.2 Å². The van der Waals surface area contributed by atoms with Gasteiger partial charge in [-0.25, -0.2) is 17.2 Å². The molecule has 0 saturated carbocycles. The van der Waals surface area contributed by atoms with E-state index in [0.717, 1.165) is 10.4 Å². The molecule has 0 aromatic heterocycles. The van der Waals surface area contributed by atoms with Crippen LogP contribution in [0.4, 0.5) is 14.5 Å². The number of sulfonamides is 1. The Labute approximate surface area is 105 Å². The molecular weight excluding hydrogens is 262 g/mol. The quantitative estimate of drug-likeness (QED) is 0.856. The van der Waals surface area contributed by atoms with Crippen LogP contribution in [-0.2, 0) is 10.0 Å². The molecule has 0 heterocycles. The van der Waals surface area contributed by atoms with Crippen LogP contribution in [0.3, 0.4) is 0 Å². The number of hydrogen-bond acceptors (Lipinski definition) is 3. The smallest absolute Gasteiger partial charge is 0.246 e. The average Bonchev–Trinajstić information content (AvgIpc) is 2.31. The molecule has 0 amide bonds. The van der Waals surface area contributed by atoms with Crippen molar-refractivity contribution in [2.24, 2.45) is 0 Å². The summed E-state index contributed by atoms with van der Waals surface area (Å²) in [6.45, 7) is 3.51. The van der Waals surface area contributed by atoms with Crippen LogP contribution in [0.25, 0.3) is 0 Å². The van der Waals surface area contributed by atoms with Crippen molar-refractivity contribution in [2.45, 2.75) is 31.2 Å². The molecule has 1 aromatic carbocycles. The second kappa shape index (κ2) is 5.19. The highest BCUT2D eigenvalue weighted by Crippen LogP contribution is 2.24. The van der Waals surface area contributed by atoms with E-state index in [-0.39, 0.29) is 6.04 Å². The molecule has 7 heteroatoms. The van der Waals surface area contributed by atoms with Crippen LogP contribution in [0.1, 0.15) is 20.3 Å². The minimum absolute atomic E-state index is 0.291. The first kappa shape index (κ1) is 14.8.